The Balaban J connectivity index is 0.00000201. The van der Waals surface area contributed by atoms with Crippen LogP contribution in [0.4, 0.5) is 35.3 Å². The first kappa shape index (κ1) is 34.1. The summed E-state index contributed by atoms with van der Waals surface area (Å²) in [5.41, 5.74) is 5.74. The average Bonchev–Trinajstić information content (AvgIpc) is 3.51. The number of anilines is 3. The summed E-state index contributed by atoms with van der Waals surface area (Å²) in [6, 6.07) is 2.30. The highest BCUT2D eigenvalue weighted by Crippen LogP contribution is 2.33. The lowest BCUT2D eigenvalue weighted by Crippen LogP contribution is -2.29. The zero-order valence-electron chi connectivity index (χ0n) is 23.6. The number of imidazole rings is 1. The highest BCUT2D eigenvalue weighted by atomic mass is 19.4. The van der Waals surface area contributed by atoms with E-state index in [1.165, 1.54) is 29.5 Å². The third-order valence-electron chi connectivity index (χ3n) is 4.91. The van der Waals surface area contributed by atoms with Crippen LogP contribution in [0.3, 0.4) is 0 Å². The molecule has 2 aromatic heterocycles. The van der Waals surface area contributed by atoms with Crippen molar-refractivity contribution in [2.24, 2.45) is 0 Å². The van der Waals surface area contributed by atoms with Gasteiger partial charge in [0.05, 0.1) is 23.3 Å². The Morgan fingerprint density at radius 2 is 1.83 bits per heavy atom. The third kappa shape index (κ3) is 9.95. The molecule has 2 heterocycles. The number of carbonyl (C=O) groups excluding carboxylic acids is 2. The third-order valence-corrected chi connectivity index (χ3v) is 4.91. The first-order chi connectivity index (χ1) is 19.6. The molecule has 0 aliphatic carbocycles. The number of hydrogen-bond acceptors (Lipinski definition) is 7. The molecular formula is C28H35F3N8O2. The molecular weight excluding hydrogens is 537 g/mol. The van der Waals surface area contributed by atoms with Crippen molar-refractivity contribution in [3.8, 4) is 5.69 Å². The van der Waals surface area contributed by atoms with Gasteiger partial charge >= 0.3 is 12.2 Å². The van der Waals surface area contributed by atoms with Crippen LogP contribution in [0.25, 0.3) is 5.69 Å². The second kappa shape index (κ2) is 16.9. The van der Waals surface area contributed by atoms with E-state index in [4.69, 9.17) is 5.73 Å². The number of hydrogen-bond donors (Lipinski definition) is 4. The number of aromatic nitrogens is 4. The van der Waals surface area contributed by atoms with Crippen molar-refractivity contribution in [2.75, 3.05) is 22.9 Å². The molecule has 13 heteroatoms. The normalized spacial score (nSPS) is 11.0. The van der Waals surface area contributed by atoms with Crippen molar-refractivity contribution >= 4 is 29.1 Å². The van der Waals surface area contributed by atoms with Crippen LogP contribution in [-0.4, -0.2) is 37.9 Å². The molecule has 3 aromatic rings. The summed E-state index contributed by atoms with van der Waals surface area (Å²) < 4.78 is 41.1. The molecule has 41 heavy (non-hydrogen) atoms. The summed E-state index contributed by atoms with van der Waals surface area (Å²) in [5.74, 6) is -0.287. The fourth-order valence-electron chi connectivity index (χ4n) is 3.13. The molecule has 10 nitrogen and oxygen atoms in total. The molecule has 2 amide bonds. The average molecular weight is 573 g/mol. The number of alkyl halides is 3. The Labute approximate surface area is 237 Å². The molecule has 0 bridgehead atoms. The molecule has 220 valence electrons. The number of allylic oxidation sites excluding steroid dienone is 3. The number of halogens is 3. The highest BCUT2D eigenvalue weighted by molar-refractivity contribution is 6.10. The SMILES string of the molecule is C=CC(=O)c1c(N)ncnc1NC(/C=C\CNC(=O)Nc1cc(C(F)(F)F)ccc1-n1ccnc1)=C/C.CC.CC. The van der Waals surface area contributed by atoms with E-state index in [0.717, 1.165) is 18.2 Å². The minimum atomic E-state index is -4.58. The van der Waals surface area contributed by atoms with E-state index < -0.39 is 23.6 Å². The van der Waals surface area contributed by atoms with E-state index >= 15 is 0 Å². The summed E-state index contributed by atoms with van der Waals surface area (Å²) in [4.78, 5) is 36.3. The van der Waals surface area contributed by atoms with E-state index in [1.54, 1.807) is 31.3 Å². The Morgan fingerprint density at radius 3 is 2.41 bits per heavy atom. The van der Waals surface area contributed by atoms with Gasteiger partial charge in [-0.1, -0.05) is 46.4 Å². The molecule has 0 unspecified atom stereocenters. The standard InChI is InChI=1S/C24H23F3N8O2.2C2H6/c1-3-16(33-22-20(19(36)4-2)21(28)31-13-32-22)6-5-9-30-23(37)34-17-12-15(24(25,26)27)7-8-18(17)35-11-10-29-14-35;2*1-2/h3-8,10-14H,2,9H2,1H3,(H2,30,34,37)(H3,28,31,32,33);2*1-2H3/b6-5-,16-3+;;. The van der Waals surface area contributed by atoms with E-state index in [9.17, 15) is 22.8 Å². The van der Waals surface area contributed by atoms with Crippen molar-refractivity contribution in [3.05, 3.63) is 91.0 Å². The Bertz CT molecular complexity index is 1350. The van der Waals surface area contributed by atoms with E-state index in [2.05, 4.69) is 37.5 Å². The number of nitrogens with one attached hydrogen (secondary N) is 3. The molecule has 0 radical (unpaired) electrons. The van der Waals surface area contributed by atoms with Gasteiger partial charge in [-0.15, -0.1) is 0 Å². The minimum absolute atomic E-state index is 0.00942. The Kier molecular flexibility index (Phi) is 14.0. The van der Waals surface area contributed by atoms with Crippen LogP contribution in [0.1, 0.15) is 50.5 Å². The van der Waals surface area contributed by atoms with Crippen LogP contribution in [0.2, 0.25) is 0 Å². The van der Waals surface area contributed by atoms with Crippen molar-refractivity contribution in [3.63, 3.8) is 0 Å². The van der Waals surface area contributed by atoms with Gasteiger partial charge in [-0.05, 0) is 37.3 Å². The summed E-state index contributed by atoms with van der Waals surface area (Å²) >= 11 is 0. The lowest BCUT2D eigenvalue weighted by Gasteiger charge is -2.15. The largest absolute Gasteiger partial charge is 0.416 e. The maximum absolute atomic E-state index is 13.2. The van der Waals surface area contributed by atoms with Gasteiger partial charge in [0.1, 0.15) is 23.5 Å². The lowest BCUT2D eigenvalue weighted by atomic mass is 10.1. The second-order valence-electron chi connectivity index (χ2n) is 7.36. The summed E-state index contributed by atoms with van der Waals surface area (Å²) in [6.07, 6.45) is 7.01. The van der Waals surface area contributed by atoms with Crippen LogP contribution in [-0.2, 0) is 6.18 Å². The van der Waals surface area contributed by atoms with Crippen molar-refractivity contribution in [1.29, 1.82) is 0 Å². The van der Waals surface area contributed by atoms with Crippen LogP contribution in [0.15, 0.2) is 79.8 Å². The number of amides is 2. The van der Waals surface area contributed by atoms with Gasteiger partial charge < -0.3 is 26.3 Å². The number of carbonyl (C=O) groups is 2. The van der Waals surface area contributed by atoms with Crippen LogP contribution in [0, 0.1) is 0 Å². The molecule has 1 aromatic carbocycles. The molecule has 0 atom stereocenters. The second-order valence-corrected chi connectivity index (χ2v) is 7.36. The van der Waals surface area contributed by atoms with Gasteiger partial charge in [-0.2, -0.15) is 13.2 Å². The molecule has 0 aliphatic rings. The minimum Gasteiger partial charge on any atom is -0.383 e. The van der Waals surface area contributed by atoms with Gasteiger partial charge in [0.15, 0.2) is 5.78 Å². The van der Waals surface area contributed by atoms with Crippen molar-refractivity contribution in [1.82, 2.24) is 24.8 Å². The molecule has 0 aliphatic heterocycles. The monoisotopic (exact) mass is 572 g/mol. The quantitative estimate of drug-likeness (QED) is 0.133. The Hall–Kier alpha value is -4.94. The van der Waals surface area contributed by atoms with E-state index in [-0.39, 0.29) is 29.4 Å². The number of urea groups is 1. The fraction of sp³-hybridized carbons (Fsp3) is 0.250. The fourth-order valence-corrected chi connectivity index (χ4v) is 3.13. The predicted molar refractivity (Wildman–Crippen MR) is 156 cm³/mol. The van der Waals surface area contributed by atoms with Gasteiger partial charge in [-0.3, -0.25) is 4.79 Å². The summed E-state index contributed by atoms with van der Waals surface area (Å²) in [7, 11) is 0. The maximum atomic E-state index is 13.2. The number of nitrogens with zero attached hydrogens (tertiary/aromatic N) is 4. The number of benzene rings is 1. The molecule has 0 saturated carbocycles. The number of rotatable bonds is 9. The van der Waals surface area contributed by atoms with Gasteiger partial charge in [0, 0.05) is 24.6 Å². The van der Waals surface area contributed by atoms with Crippen LogP contribution >= 0.6 is 0 Å². The first-order valence-corrected chi connectivity index (χ1v) is 12.8. The van der Waals surface area contributed by atoms with Crippen LogP contribution in [0.5, 0.6) is 0 Å². The summed E-state index contributed by atoms with van der Waals surface area (Å²) in [6.45, 7) is 13.2. The zero-order chi connectivity index (χ0) is 31.0. The Morgan fingerprint density at radius 1 is 1.12 bits per heavy atom. The molecule has 3 rings (SSSR count). The highest BCUT2D eigenvalue weighted by Gasteiger charge is 2.31. The topological polar surface area (TPSA) is 140 Å². The van der Waals surface area contributed by atoms with Gasteiger partial charge in [0.25, 0.3) is 0 Å². The smallest absolute Gasteiger partial charge is 0.383 e. The number of nitrogens with two attached hydrogens (primary N) is 1. The summed E-state index contributed by atoms with van der Waals surface area (Å²) in [5, 5.41) is 7.94. The zero-order valence-corrected chi connectivity index (χ0v) is 23.6. The molecule has 0 saturated heterocycles. The first-order valence-electron chi connectivity index (χ1n) is 12.8. The lowest BCUT2D eigenvalue weighted by molar-refractivity contribution is -0.137. The molecule has 0 fully saturated rings. The van der Waals surface area contributed by atoms with E-state index in [1.807, 2.05) is 27.7 Å². The number of ketones is 1. The van der Waals surface area contributed by atoms with Gasteiger partial charge in [0.2, 0.25) is 0 Å². The van der Waals surface area contributed by atoms with Crippen molar-refractivity contribution in [2.45, 2.75) is 40.8 Å². The van der Waals surface area contributed by atoms with Crippen LogP contribution < -0.4 is 21.7 Å². The maximum Gasteiger partial charge on any atom is 0.416 e. The predicted octanol–water partition coefficient (Wildman–Crippen LogP) is 6.38. The van der Waals surface area contributed by atoms with E-state index in [0.29, 0.717) is 11.4 Å². The van der Waals surface area contributed by atoms with Crippen molar-refractivity contribution < 1.29 is 22.8 Å². The van der Waals surface area contributed by atoms with Gasteiger partial charge in [-0.25, -0.2) is 19.7 Å². The molecule has 5 N–H and O–H groups in total. The molecule has 0 spiro atoms. The number of nitrogen functional groups attached to an aromatic ring is 1.